The largest absolute Gasteiger partial charge is 0.331 e. The number of benzene rings is 1. The van der Waals surface area contributed by atoms with Crippen molar-refractivity contribution in [3.05, 3.63) is 42.2 Å². The van der Waals surface area contributed by atoms with Crippen molar-refractivity contribution in [1.29, 1.82) is 0 Å². The molecule has 14 heavy (non-hydrogen) atoms. The number of imidazole rings is 1. The standard InChI is InChI=1S/C11H13N3/c1-2-9-4-3-5-10(8-9)14-11-12-6-7-13-11/h3-8H,2H2,1H3,(H2,12,13,14). The van der Waals surface area contributed by atoms with Crippen LogP contribution in [-0.2, 0) is 6.42 Å². The third-order valence-corrected chi connectivity index (χ3v) is 2.10. The molecule has 2 rings (SSSR count). The number of nitrogens with zero attached hydrogens (tertiary/aromatic N) is 1. The molecule has 0 fully saturated rings. The molecule has 3 nitrogen and oxygen atoms in total. The first-order valence-corrected chi connectivity index (χ1v) is 4.74. The van der Waals surface area contributed by atoms with E-state index in [4.69, 9.17) is 0 Å². The second kappa shape index (κ2) is 3.96. The van der Waals surface area contributed by atoms with Crippen molar-refractivity contribution in [3.63, 3.8) is 0 Å². The second-order valence-corrected chi connectivity index (χ2v) is 3.12. The Labute approximate surface area is 83.2 Å². The van der Waals surface area contributed by atoms with Crippen LogP contribution in [-0.4, -0.2) is 9.97 Å². The molecular weight excluding hydrogens is 174 g/mol. The molecule has 0 aliphatic rings. The normalized spacial score (nSPS) is 10.1. The lowest BCUT2D eigenvalue weighted by Crippen LogP contribution is -1.92. The van der Waals surface area contributed by atoms with Crippen LogP contribution in [0.5, 0.6) is 0 Å². The summed E-state index contributed by atoms with van der Waals surface area (Å²) in [7, 11) is 0. The molecule has 1 aromatic carbocycles. The summed E-state index contributed by atoms with van der Waals surface area (Å²) in [5.74, 6) is 0.776. The van der Waals surface area contributed by atoms with E-state index in [1.807, 2.05) is 12.1 Å². The first kappa shape index (κ1) is 8.81. The SMILES string of the molecule is CCc1cccc(Nc2ncc[nH]2)c1. The maximum Gasteiger partial charge on any atom is 0.204 e. The topological polar surface area (TPSA) is 40.7 Å². The Morgan fingerprint density at radius 3 is 3.07 bits per heavy atom. The average Bonchev–Trinajstić information content (AvgIpc) is 2.71. The minimum Gasteiger partial charge on any atom is -0.331 e. The van der Waals surface area contributed by atoms with Gasteiger partial charge in [0.1, 0.15) is 0 Å². The van der Waals surface area contributed by atoms with E-state index in [2.05, 4.69) is 34.3 Å². The molecule has 1 heterocycles. The van der Waals surface area contributed by atoms with Gasteiger partial charge in [-0.15, -0.1) is 0 Å². The number of rotatable bonds is 3. The van der Waals surface area contributed by atoms with Gasteiger partial charge in [0.05, 0.1) is 0 Å². The van der Waals surface area contributed by atoms with Gasteiger partial charge in [-0.1, -0.05) is 19.1 Å². The van der Waals surface area contributed by atoms with Crippen LogP contribution in [0.25, 0.3) is 0 Å². The Bertz CT molecular complexity index is 393. The van der Waals surface area contributed by atoms with Gasteiger partial charge >= 0.3 is 0 Å². The van der Waals surface area contributed by atoms with E-state index in [1.54, 1.807) is 12.4 Å². The van der Waals surface area contributed by atoms with Gasteiger partial charge in [0.25, 0.3) is 0 Å². The van der Waals surface area contributed by atoms with Crippen LogP contribution in [0.2, 0.25) is 0 Å². The minimum absolute atomic E-state index is 0.776. The van der Waals surface area contributed by atoms with E-state index in [-0.39, 0.29) is 0 Å². The lowest BCUT2D eigenvalue weighted by molar-refractivity contribution is 1.14. The number of aromatic nitrogens is 2. The third-order valence-electron chi connectivity index (χ3n) is 2.10. The Kier molecular flexibility index (Phi) is 2.49. The Morgan fingerprint density at radius 1 is 1.43 bits per heavy atom. The highest BCUT2D eigenvalue weighted by Crippen LogP contribution is 2.14. The predicted molar refractivity (Wildman–Crippen MR) is 57.7 cm³/mol. The molecule has 2 N–H and O–H groups in total. The summed E-state index contributed by atoms with van der Waals surface area (Å²) in [6.45, 7) is 2.14. The fraction of sp³-hybridized carbons (Fsp3) is 0.182. The molecule has 0 bridgehead atoms. The summed E-state index contributed by atoms with van der Waals surface area (Å²) >= 11 is 0. The fourth-order valence-corrected chi connectivity index (χ4v) is 1.34. The molecule has 0 saturated heterocycles. The maximum atomic E-state index is 4.10. The monoisotopic (exact) mass is 187 g/mol. The van der Waals surface area contributed by atoms with Gasteiger partial charge in [0.15, 0.2) is 0 Å². The fourth-order valence-electron chi connectivity index (χ4n) is 1.34. The van der Waals surface area contributed by atoms with Crippen LogP contribution in [0.15, 0.2) is 36.7 Å². The minimum atomic E-state index is 0.776. The van der Waals surface area contributed by atoms with Gasteiger partial charge in [0.2, 0.25) is 5.95 Å². The van der Waals surface area contributed by atoms with Gasteiger partial charge in [-0.25, -0.2) is 4.98 Å². The van der Waals surface area contributed by atoms with Crippen LogP contribution < -0.4 is 5.32 Å². The zero-order valence-corrected chi connectivity index (χ0v) is 8.12. The first-order valence-electron chi connectivity index (χ1n) is 4.74. The highest BCUT2D eigenvalue weighted by atomic mass is 15.1. The molecule has 0 aliphatic heterocycles. The van der Waals surface area contributed by atoms with E-state index in [1.165, 1.54) is 5.56 Å². The summed E-state index contributed by atoms with van der Waals surface area (Å²) in [5, 5.41) is 3.19. The lowest BCUT2D eigenvalue weighted by Gasteiger charge is -2.04. The van der Waals surface area contributed by atoms with E-state index in [0.717, 1.165) is 18.1 Å². The van der Waals surface area contributed by atoms with Crippen LogP contribution in [0, 0.1) is 0 Å². The van der Waals surface area contributed by atoms with E-state index < -0.39 is 0 Å². The lowest BCUT2D eigenvalue weighted by atomic mass is 10.1. The highest BCUT2D eigenvalue weighted by molar-refractivity contribution is 5.54. The van der Waals surface area contributed by atoms with Crippen LogP contribution >= 0.6 is 0 Å². The molecule has 0 unspecified atom stereocenters. The maximum absolute atomic E-state index is 4.10. The smallest absolute Gasteiger partial charge is 0.204 e. The molecule has 0 spiro atoms. The highest BCUT2D eigenvalue weighted by Gasteiger charge is 1.96. The number of hydrogen-bond donors (Lipinski definition) is 2. The summed E-state index contributed by atoms with van der Waals surface area (Å²) in [6.07, 6.45) is 4.58. The Hall–Kier alpha value is -1.77. The van der Waals surface area contributed by atoms with E-state index in [0.29, 0.717) is 0 Å². The summed E-state index contributed by atoms with van der Waals surface area (Å²) in [4.78, 5) is 7.10. The van der Waals surface area contributed by atoms with Crippen molar-refractivity contribution >= 4 is 11.6 Å². The number of nitrogens with one attached hydrogen (secondary N) is 2. The van der Waals surface area contributed by atoms with Gasteiger partial charge in [-0.3, -0.25) is 0 Å². The summed E-state index contributed by atoms with van der Waals surface area (Å²) in [6, 6.07) is 8.32. The zero-order valence-electron chi connectivity index (χ0n) is 8.12. The molecule has 0 atom stereocenters. The number of aryl methyl sites for hydroxylation is 1. The van der Waals surface area contributed by atoms with Gasteiger partial charge in [0, 0.05) is 18.1 Å². The number of aromatic amines is 1. The van der Waals surface area contributed by atoms with Gasteiger partial charge < -0.3 is 10.3 Å². The molecule has 0 saturated carbocycles. The molecule has 0 aliphatic carbocycles. The quantitative estimate of drug-likeness (QED) is 0.775. The summed E-state index contributed by atoms with van der Waals surface area (Å²) in [5.41, 5.74) is 2.39. The van der Waals surface area contributed by atoms with E-state index >= 15 is 0 Å². The van der Waals surface area contributed by atoms with Crippen molar-refractivity contribution in [2.24, 2.45) is 0 Å². The molecule has 2 aromatic rings. The Balaban J connectivity index is 2.17. The number of anilines is 2. The van der Waals surface area contributed by atoms with Crippen molar-refractivity contribution in [2.45, 2.75) is 13.3 Å². The molecule has 0 amide bonds. The molecule has 0 radical (unpaired) electrons. The van der Waals surface area contributed by atoms with Crippen molar-refractivity contribution in [2.75, 3.05) is 5.32 Å². The van der Waals surface area contributed by atoms with Crippen molar-refractivity contribution in [3.8, 4) is 0 Å². The molecular formula is C11H13N3. The third kappa shape index (κ3) is 1.93. The summed E-state index contributed by atoms with van der Waals surface area (Å²) < 4.78 is 0. The molecule has 3 heteroatoms. The number of H-pyrrole nitrogens is 1. The van der Waals surface area contributed by atoms with E-state index in [9.17, 15) is 0 Å². The Morgan fingerprint density at radius 2 is 2.36 bits per heavy atom. The predicted octanol–water partition coefficient (Wildman–Crippen LogP) is 2.72. The number of hydrogen-bond acceptors (Lipinski definition) is 2. The zero-order chi connectivity index (χ0) is 9.80. The van der Waals surface area contributed by atoms with Crippen molar-refractivity contribution < 1.29 is 0 Å². The first-order chi connectivity index (χ1) is 6.88. The second-order valence-electron chi connectivity index (χ2n) is 3.12. The van der Waals surface area contributed by atoms with Crippen LogP contribution in [0.3, 0.4) is 0 Å². The van der Waals surface area contributed by atoms with Gasteiger partial charge in [-0.2, -0.15) is 0 Å². The van der Waals surface area contributed by atoms with Crippen LogP contribution in [0.1, 0.15) is 12.5 Å². The molecule has 72 valence electrons. The average molecular weight is 187 g/mol. The van der Waals surface area contributed by atoms with Crippen LogP contribution in [0.4, 0.5) is 11.6 Å². The molecule has 1 aromatic heterocycles. The van der Waals surface area contributed by atoms with Crippen molar-refractivity contribution in [1.82, 2.24) is 9.97 Å². The van der Waals surface area contributed by atoms with Gasteiger partial charge in [-0.05, 0) is 24.1 Å².